The molecule has 0 aliphatic carbocycles. The lowest BCUT2D eigenvalue weighted by Gasteiger charge is -2.11. The highest BCUT2D eigenvalue weighted by molar-refractivity contribution is 14.1. The van der Waals surface area contributed by atoms with Crippen molar-refractivity contribution in [3.05, 3.63) is 24.8 Å². The molecule has 0 amide bonds. The molecule has 1 rings (SSSR count). The van der Waals surface area contributed by atoms with E-state index in [0.29, 0.717) is 7.14 Å². The molecule has 1 N–H and O–H groups in total. The molecule has 12 heavy (non-hydrogen) atoms. The molecule has 0 saturated heterocycles. The van der Waals surface area contributed by atoms with Crippen molar-refractivity contribution >= 4 is 51.2 Å². The number of aromatic carboxylic acids is 1. The van der Waals surface area contributed by atoms with Crippen molar-refractivity contribution in [1.82, 2.24) is 0 Å². The van der Waals surface area contributed by atoms with Gasteiger partial charge in [0, 0.05) is 7.14 Å². The average Bonchev–Trinajstić information content (AvgIpc) is 1.99. The number of carboxylic acid groups (broad SMARTS) is 1. The third-order valence-corrected chi connectivity index (χ3v) is 2.85. The number of rotatable bonds is 1. The Morgan fingerprint density at radius 2 is 1.75 bits per heavy atom. The lowest BCUT2D eigenvalue weighted by atomic mass is 10.2. The molecule has 0 heterocycles. The molecule has 0 bridgehead atoms. The smallest absolute Gasteiger partial charge is 0.335 e. The summed E-state index contributed by atoms with van der Waals surface area (Å²) >= 11 is 3.66. The maximum absolute atomic E-state index is 11.1. The summed E-state index contributed by atoms with van der Waals surface area (Å²) < 4.78 is 0.883. The first-order valence-corrected chi connectivity index (χ1v) is 5.07. The highest BCUT2D eigenvalue weighted by Gasteiger charge is 2.05. The molecule has 0 saturated carbocycles. The quantitative estimate of drug-likeness (QED) is 0.744. The van der Waals surface area contributed by atoms with E-state index in [4.69, 9.17) is 5.11 Å². The largest absolute Gasteiger partial charge is 0.871 e. The Kier molecular flexibility index (Phi) is 3.16. The zero-order valence-electron chi connectivity index (χ0n) is 5.67. The van der Waals surface area contributed by atoms with E-state index in [-0.39, 0.29) is 11.3 Å². The van der Waals surface area contributed by atoms with E-state index in [0.717, 1.165) is 0 Å². The fourth-order valence-electron chi connectivity index (χ4n) is 0.683. The second-order valence-electron chi connectivity index (χ2n) is 2.07. The maximum Gasteiger partial charge on any atom is 0.335 e. The molecule has 0 aliphatic heterocycles. The fraction of sp³-hybridized carbons (Fsp3) is 0. The second-order valence-corrected chi connectivity index (χ2v) is 4.40. The van der Waals surface area contributed by atoms with E-state index < -0.39 is 5.97 Å². The van der Waals surface area contributed by atoms with Gasteiger partial charge in [-0.3, -0.25) is 0 Å². The van der Waals surface area contributed by atoms with E-state index in [1.807, 2.05) is 45.2 Å². The van der Waals surface area contributed by atoms with Crippen LogP contribution in [-0.4, -0.2) is 11.1 Å². The number of halogens is 2. The van der Waals surface area contributed by atoms with Crippen molar-refractivity contribution in [3.8, 4) is 5.75 Å². The van der Waals surface area contributed by atoms with E-state index in [2.05, 4.69) is 0 Å². The zero-order valence-corrected chi connectivity index (χ0v) is 9.99. The van der Waals surface area contributed by atoms with E-state index in [1.54, 1.807) is 0 Å². The fourth-order valence-corrected chi connectivity index (χ4v) is 2.45. The van der Waals surface area contributed by atoms with Crippen LogP contribution in [0.25, 0.3) is 0 Å². The van der Waals surface area contributed by atoms with Crippen molar-refractivity contribution in [2.45, 2.75) is 0 Å². The third kappa shape index (κ3) is 2.00. The summed E-state index contributed by atoms with van der Waals surface area (Å²) in [5.41, 5.74) is 0.156. The average molecular weight is 389 g/mol. The van der Waals surface area contributed by atoms with E-state index in [9.17, 15) is 9.90 Å². The number of benzene rings is 1. The van der Waals surface area contributed by atoms with Crippen LogP contribution in [0.4, 0.5) is 0 Å². The topological polar surface area (TPSA) is 60.4 Å². The summed E-state index contributed by atoms with van der Waals surface area (Å²) in [4.78, 5) is 10.5. The molecule has 0 aromatic heterocycles. The normalized spacial score (nSPS) is 9.83. The number of carboxylic acids is 1. The van der Waals surface area contributed by atoms with Crippen LogP contribution in [0.3, 0.4) is 0 Å². The molecule has 64 valence electrons. The molecule has 0 spiro atoms. The minimum atomic E-state index is -1.01. The third-order valence-electron chi connectivity index (χ3n) is 1.25. The molecule has 1 aromatic rings. The molecule has 0 atom stereocenters. The molecular weight excluding hydrogens is 386 g/mol. The summed E-state index contributed by atoms with van der Waals surface area (Å²) in [5, 5.41) is 19.8. The van der Waals surface area contributed by atoms with Crippen molar-refractivity contribution < 1.29 is 15.0 Å². The summed E-state index contributed by atoms with van der Waals surface area (Å²) in [5.74, 6) is -1.12. The van der Waals surface area contributed by atoms with Crippen LogP contribution in [-0.2, 0) is 0 Å². The second kappa shape index (κ2) is 3.77. The van der Waals surface area contributed by atoms with Gasteiger partial charge < -0.3 is 10.2 Å². The van der Waals surface area contributed by atoms with Crippen molar-refractivity contribution in [2.24, 2.45) is 0 Å². The van der Waals surface area contributed by atoms with Crippen LogP contribution in [0.15, 0.2) is 12.1 Å². The minimum absolute atomic E-state index is 0.110. The maximum atomic E-state index is 11.1. The van der Waals surface area contributed by atoms with Gasteiger partial charge in [0.05, 0.1) is 5.56 Å². The standard InChI is InChI=1S/C7H4I2O3/c8-4-1-3(7(11)12)2-5(9)6(4)10/h1-2,10H,(H,11,12)/p-1. The van der Waals surface area contributed by atoms with Crippen molar-refractivity contribution in [3.63, 3.8) is 0 Å². The molecular formula is C7H3I2O3-. The summed E-state index contributed by atoms with van der Waals surface area (Å²) in [6.07, 6.45) is 0. The van der Waals surface area contributed by atoms with Crippen molar-refractivity contribution in [2.75, 3.05) is 0 Å². The Morgan fingerprint density at radius 1 is 1.33 bits per heavy atom. The van der Waals surface area contributed by atoms with Gasteiger partial charge in [0.15, 0.2) is 0 Å². The molecule has 5 heteroatoms. The molecule has 3 nitrogen and oxygen atoms in total. The predicted octanol–water partition coefficient (Wildman–Crippen LogP) is 1.67. The van der Waals surface area contributed by atoms with Gasteiger partial charge in [-0.1, -0.05) is 5.75 Å². The Morgan fingerprint density at radius 3 is 2.08 bits per heavy atom. The van der Waals surface area contributed by atoms with Crippen LogP contribution < -0.4 is 5.11 Å². The first kappa shape index (κ1) is 10.0. The van der Waals surface area contributed by atoms with E-state index in [1.165, 1.54) is 12.1 Å². The first-order chi connectivity index (χ1) is 5.52. The number of hydrogen-bond acceptors (Lipinski definition) is 2. The van der Waals surface area contributed by atoms with Gasteiger partial charge in [-0.2, -0.15) is 0 Å². The van der Waals surface area contributed by atoms with Crippen molar-refractivity contribution in [1.29, 1.82) is 0 Å². The molecule has 0 aliphatic rings. The van der Waals surface area contributed by atoms with Gasteiger partial charge in [-0.15, -0.1) is 0 Å². The summed E-state index contributed by atoms with van der Waals surface area (Å²) in [7, 11) is 0. The minimum Gasteiger partial charge on any atom is -0.871 e. The zero-order chi connectivity index (χ0) is 9.30. The summed E-state index contributed by atoms with van der Waals surface area (Å²) in [6, 6.07) is 2.74. The Balaban J connectivity index is 3.31. The Labute approximate surface area is 96.1 Å². The van der Waals surface area contributed by atoms with Crippen LogP contribution in [0.1, 0.15) is 10.4 Å². The molecule has 0 radical (unpaired) electrons. The monoisotopic (exact) mass is 389 g/mol. The van der Waals surface area contributed by atoms with Gasteiger partial charge in [-0.25, -0.2) is 4.79 Å². The number of carbonyl (C=O) groups is 1. The lowest BCUT2D eigenvalue weighted by Crippen LogP contribution is -2.02. The van der Waals surface area contributed by atoms with Crippen LogP contribution in [0.5, 0.6) is 5.75 Å². The van der Waals surface area contributed by atoms with Gasteiger partial charge in [0.25, 0.3) is 0 Å². The summed E-state index contributed by atoms with van der Waals surface area (Å²) in [6.45, 7) is 0. The van der Waals surface area contributed by atoms with Gasteiger partial charge >= 0.3 is 5.97 Å². The van der Waals surface area contributed by atoms with Gasteiger partial charge in [-0.05, 0) is 57.3 Å². The van der Waals surface area contributed by atoms with Crippen LogP contribution in [0, 0.1) is 7.14 Å². The lowest BCUT2D eigenvalue weighted by molar-refractivity contribution is -0.271. The highest BCUT2D eigenvalue weighted by Crippen LogP contribution is 2.24. The van der Waals surface area contributed by atoms with E-state index >= 15 is 0 Å². The Hall–Kier alpha value is -0.0500. The number of hydrogen-bond donors (Lipinski definition) is 1. The molecule has 1 aromatic carbocycles. The van der Waals surface area contributed by atoms with Crippen LogP contribution >= 0.6 is 45.2 Å². The Bertz CT molecular complexity index is 312. The van der Waals surface area contributed by atoms with Gasteiger partial charge in [0.2, 0.25) is 0 Å². The SMILES string of the molecule is O=C(O)c1cc(I)c([O-])c(I)c1. The first-order valence-electron chi connectivity index (χ1n) is 2.91. The predicted molar refractivity (Wildman–Crippen MR) is 58.3 cm³/mol. The molecule has 0 unspecified atom stereocenters. The molecule has 0 fully saturated rings. The van der Waals surface area contributed by atoms with Crippen LogP contribution in [0.2, 0.25) is 0 Å². The van der Waals surface area contributed by atoms with Gasteiger partial charge in [0.1, 0.15) is 0 Å². The highest BCUT2D eigenvalue weighted by atomic mass is 127.